The van der Waals surface area contributed by atoms with Crippen molar-refractivity contribution in [3.63, 3.8) is 0 Å². The van der Waals surface area contributed by atoms with Crippen molar-refractivity contribution in [1.29, 1.82) is 0 Å². The van der Waals surface area contributed by atoms with Crippen LogP contribution in [0.4, 0.5) is 10.6 Å². The fraction of sp³-hybridized carbons (Fsp3) is 0.545. The van der Waals surface area contributed by atoms with E-state index in [1.54, 1.807) is 25.4 Å². The van der Waals surface area contributed by atoms with Crippen LogP contribution in [0.1, 0.15) is 43.4 Å². The fourth-order valence-electron chi connectivity index (χ4n) is 4.59. The lowest BCUT2D eigenvalue weighted by atomic mass is 9.92. The number of hydrogen-bond donors (Lipinski definition) is 2. The summed E-state index contributed by atoms with van der Waals surface area (Å²) in [6.45, 7) is 2.94. The quantitative estimate of drug-likeness (QED) is 0.615. The molecular weight excluding hydrogens is 426 g/mol. The molecule has 32 heavy (non-hydrogen) atoms. The minimum atomic E-state index is -0.181. The zero-order chi connectivity index (χ0) is 22.7. The number of nitrogens with one attached hydrogen (secondary N) is 2. The summed E-state index contributed by atoms with van der Waals surface area (Å²) in [6, 6.07) is 6.91. The number of hydrogen-bond acceptors (Lipinski definition) is 6. The first-order valence-electron chi connectivity index (χ1n) is 11.3. The van der Waals surface area contributed by atoms with Crippen LogP contribution < -0.4 is 10.1 Å². The molecule has 0 spiro atoms. The number of nitrogens with zero attached hydrogens (tertiary/aromatic N) is 3. The fourth-order valence-corrected chi connectivity index (χ4v) is 5.53. The highest BCUT2D eigenvalue weighted by molar-refractivity contribution is 6.08. The lowest BCUT2D eigenvalue weighted by Crippen LogP contribution is -2.57. The Kier molecular flexibility index (Phi) is 6.78. The summed E-state index contributed by atoms with van der Waals surface area (Å²) in [5, 5.41) is 10.1. The highest BCUT2D eigenvalue weighted by atomic mass is 28.1. The van der Waals surface area contributed by atoms with Crippen LogP contribution >= 0.6 is 0 Å². The zero-order valence-electron chi connectivity index (χ0n) is 18.8. The van der Waals surface area contributed by atoms with Crippen molar-refractivity contribution >= 4 is 28.1 Å². The third kappa shape index (κ3) is 4.95. The van der Waals surface area contributed by atoms with Gasteiger partial charge in [-0.2, -0.15) is 5.10 Å². The van der Waals surface area contributed by atoms with E-state index in [0.29, 0.717) is 23.7 Å². The van der Waals surface area contributed by atoms with Crippen molar-refractivity contribution in [1.82, 2.24) is 20.1 Å². The maximum Gasteiger partial charge on any atom is 0.410 e. The normalized spacial score (nSPS) is 24.8. The molecule has 0 radical (unpaired) electrons. The predicted octanol–water partition coefficient (Wildman–Crippen LogP) is 1.87. The van der Waals surface area contributed by atoms with E-state index < -0.39 is 0 Å². The highest BCUT2D eigenvalue weighted by Gasteiger charge is 2.40. The van der Waals surface area contributed by atoms with Crippen molar-refractivity contribution in [2.45, 2.75) is 56.7 Å². The first-order chi connectivity index (χ1) is 15.5. The van der Waals surface area contributed by atoms with Crippen LogP contribution in [0.3, 0.4) is 0 Å². The van der Waals surface area contributed by atoms with Crippen LogP contribution in [-0.4, -0.2) is 68.1 Å². The molecule has 2 aromatic heterocycles. The van der Waals surface area contributed by atoms with E-state index in [2.05, 4.69) is 27.4 Å². The van der Waals surface area contributed by atoms with Crippen molar-refractivity contribution in [3.05, 3.63) is 35.7 Å². The van der Waals surface area contributed by atoms with Crippen LogP contribution in [0.5, 0.6) is 5.88 Å². The molecule has 1 saturated heterocycles. The number of rotatable bonds is 7. The Balaban J connectivity index is 1.26. The molecule has 2 amide bonds. The number of methoxy groups -OCH3 is 1. The number of aromatic amines is 1. The van der Waals surface area contributed by atoms with E-state index in [-0.39, 0.29) is 30.4 Å². The molecule has 1 unspecified atom stereocenters. The van der Waals surface area contributed by atoms with Gasteiger partial charge in [-0.25, -0.2) is 9.78 Å². The summed E-state index contributed by atoms with van der Waals surface area (Å²) in [5.74, 6) is 1.69. The summed E-state index contributed by atoms with van der Waals surface area (Å²) in [5.41, 5.74) is 1.77. The Labute approximate surface area is 190 Å². The van der Waals surface area contributed by atoms with E-state index in [4.69, 9.17) is 9.47 Å². The number of pyridine rings is 1. The average molecular weight is 458 g/mol. The second kappa shape index (κ2) is 9.72. The monoisotopic (exact) mass is 457 g/mol. The SMILES string of the molecule is COc1cc(CC(=O)Nc2cc([C@H]3CCC(OC(=O)N4C[C@H](C[SiH3])[C@H]4C)C3)[nH]n2)ccn1. The van der Waals surface area contributed by atoms with Crippen LogP contribution in [0.2, 0.25) is 6.04 Å². The van der Waals surface area contributed by atoms with Crippen LogP contribution in [-0.2, 0) is 16.0 Å². The molecule has 0 bridgehead atoms. The summed E-state index contributed by atoms with van der Waals surface area (Å²) in [4.78, 5) is 30.7. The van der Waals surface area contributed by atoms with Gasteiger partial charge in [-0.3, -0.25) is 9.89 Å². The maximum absolute atomic E-state index is 12.4. The van der Waals surface area contributed by atoms with Crippen LogP contribution in [0.25, 0.3) is 0 Å². The van der Waals surface area contributed by atoms with Crippen molar-refractivity contribution in [2.24, 2.45) is 5.92 Å². The number of aromatic nitrogens is 3. The Hall–Kier alpha value is -2.88. The number of carbonyl (C=O) groups excluding carboxylic acids is 2. The number of H-pyrrole nitrogens is 1. The summed E-state index contributed by atoms with van der Waals surface area (Å²) in [7, 11) is 2.72. The molecule has 1 saturated carbocycles. The molecule has 4 atom stereocenters. The molecule has 3 heterocycles. The average Bonchev–Trinajstić information content (AvgIpc) is 3.42. The zero-order valence-corrected chi connectivity index (χ0v) is 20.8. The van der Waals surface area contributed by atoms with Crippen molar-refractivity contribution in [2.75, 3.05) is 19.0 Å². The third-order valence-electron chi connectivity index (χ3n) is 6.69. The summed E-state index contributed by atoms with van der Waals surface area (Å²) < 4.78 is 10.9. The van der Waals surface area contributed by atoms with Gasteiger partial charge in [0.1, 0.15) is 6.10 Å². The van der Waals surface area contributed by atoms with Gasteiger partial charge >= 0.3 is 6.09 Å². The van der Waals surface area contributed by atoms with Gasteiger partial charge in [0, 0.05) is 52.8 Å². The minimum Gasteiger partial charge on any atom is -0.481 e. The standard InChI is InChI=1S/C22H31N5O4Si/c1-13-16(12-32)11-27(13)22(29)31-17-4-3-15(9-17)18-10-19(26-25-18)24-20(28)7-14-5-6-23-21(8-14)30-2/h5-6,8,10,13,15-17H,3-4,7,9,11-12H2,1-2,32H3,(H2,24,25,26,28)/t13-,15+,16-,17?/m1/s1. The molecule has 2 fully saturated rings. The van der Waals surface area contributed by atoms with Gasteiger partial charge in [0.25, 0.3) is 0 Å². The Morgan fingerprint density at radius 2 is 2.19 bits per heavy atom. The van der Waals surface area contributed by atoms with E-state index in [9.17, 15) is 9.59 Å². The minimum absolute atomic E-state index is 0.0715. The van der Waals surface area contributed by atoms with Gasteiger partial charge in [-0.05, 0) is 43.7 Å². The van der Waals surface area contributed by atoms with Gasteiger partial charge < -0.3 is 19.7 Å². The molecule has 2 N–H and O–H groups in total. The Bertz CT molecular complexity index is 967. The second-order valence-corrected chi connectivity index (χ2v) is 9.53. The molecule has 9 nitrogen and oxygen atoms in total. The van der Waals surface area contributed by atoms with Gasteiger partial charge in [-0.1, -0.05) is 6.04 Å². The van der Waals surface area contributed by atoms with E-state index in [0.717, 1.165) is 37.1 Å². The molecular formula is C22H31N5O4Si. The first kappa shape index (κ1) is 22.3. The topological polar surface area (TPSA) is 109 Å². The molecule has 2 aliphatic rings. The summed E-state index contributed by atoms with van der Waals surface area (Å²) >= 11 is 0. The molecule has 2 aromatic rings. The van der Waals surface area contributed by atoms with Gasteiger partial charge in [0.05, 0.1) is 13.5 Å². The van der Waals surface area contributed by atoms with Crippen LogP contribution in [0, 0.1) is 5.92 Å². The van der Waals surface area contributed by atoms with Gasteiger partial charge in [-0.15, -0.1) is 0 Å². The lowest BCUT2D eigenvalue weighted by molar-refractivity contribution is -0.115. The summed E-state index contributed by atoms with van der Waals surface area (Å²) in [6.07, 6.45) is 4.10. The van der Waals surface area contributed by atoms with Gasteiger partial charge in [0.2, 0.25) is 11.8 Å². The van der Waals surface area contributed by atoms with Crippen molar-refractivity contribution in [3.8, 4) is 5.88 Å². The van der Waals surface area contributed by atoms with Crippen molar-refractivity contribution < 1.29 is 19.1 Å². The first-order valence-corrected chi connectivity index (χ1v) is 12.7. The lowest BCUT2D eigenvalue weighted by Gasteiger charge is -2.45. The molecule has 1 aliphatic heterocycles. The molecule has 10 heteroatoms. The molecule has 172 valence electrons. The van der Waals surface area contributed by atoms with E-state index in [1.807, 2.05) is 11.0 Å². The maximum atomic E-state index is 12.4. The Morgan fingerprint density at radius 3 is 2.94 bits per heavy atom. The Morgan fingerprint density at radius 1 is 1.34 bits per heavy atom. The molecule has 0 aromatic carbocycles. The predicted molar refractivity (Wildman–Crippen MR) is 123 cm³/mol. The molecule has 1 aliphatic carbocycles. The third-order valence-corrected chi connectivity index (χ3v) is 7.74. The number of amides is 2. The number of carbonyl (C=O) groups is 2. The highest BCUT2D eigenvalue weighted by Crippen LogP contribution is 2.37. The van der Waals surface area contributed by atoms with Crippen LogP contribution in [0.15, 0.2) is 24.4 Å². The smallest absolute Gasteiger partial charge is 0.410 e. The number of likely N-dealkylation sites (tertiary alicyclic amines) is 1. The molecule has 4 rings (SSSR count). The second-order valence-electron chi connectivity index (χ2n) is 8.72. The number of anilines is 1. The van der Waals surface area contributed by atoms with E-state index >= 15 is 0 Å². The van der Waals surface area contributed by atoms with Gasteiger partial charge in [0.15, 0.2) is 5.82 Å². The number of ether oxygens (including phenoxy) is 2. The largest absolute Gasteiger partial charge is 0.481 e. The van der Waals surface area contributed by atoms with E-state index in [1.165, 1.54) is 16.3 Å².